The molecule has 0 unspecified atom stereocenters. The monoisotopic (exact) mass is 238 g/mol. The molecule has 0 atom stereocenters. The number of rotatable bonds is 2. The molecule has 1 heterocycles. The van der Waals surface area contributed by atoms with Crippen LogP contribution in [0.4, 0.5) is 0 Å². The van der Waals surface area contributed by atoms with E-state index in [0.717, 1.165) is 16.7 Å². The average Bonchev–Trinajstić information content (AvgIpc) is 2.34. The van der Waals surface area contributed by atoms with Crippen molar-refractivity contribution >= 4 is 22.6 Å². The molecule has 0 aliphatic carbocycles. The van der Waals surface area contributed by atoms with E-state index in [4.69, 9.17) is 4.52 Å². The Morgan fingerprint density at radius 2 is 2.44 bits per heavy atom. The third kappa shape index (κ3) is 1.64. The van der Waals surface area contributed by atoms with E-state index >= 15 is 0 Å². The van der Waals surface area contributed by atoms with Gasteiger partial charge in [0, 0.05) is 6.42 Å². The molecule has 0 aromatic carbocycles. The van der Waals surface area contributed by atoms with Crippen molar-refractivity contribution in [1.29, 1.82) is 0 Å². The van der Waals surface area contributed by atoms with Gasteiger partial charge in [-0.2, -0.15) is 4.98 Å². The summed E-state index contributed by atoms with van der Waals surface area (Å²) in [5.41, 5.74) is 0. The lowest BCUT2D eigenvalue weighted by Gasteiger charge is -1.76. The van der Waals surface area contributed by atoms with Crippen LogP contribution in [0.15, 0.2) is 4.52 Å². The molecule has 0 aliphatic heterocycles. The summed E-state index contributed by atoms with van der Waals surface area (Å²) in [6.07, 6.45) is 0.847. The van der Waals surface area contributed by atoms with Gasteiger partial charge in [-0.05, 0) is 0 Å². The molecule has 0 saturated heterocycles. The molecule has 4 heteroatoms. The quantitative estimate of drug-likeness (QED) is 0.579. The molecule has 0 spiro atoms. The number of aromatic nitrogens is 2. The predicted molar refractivity (Wildman–Crippen MR) is 41.4 cm³/mol. The van der Waals surface area contributed by atoms with E-state index in [1.807, 2.05) is 6.92 Å². The Hall–Kier alpha value is -0.130. The molecular formula is C5H7IN2O. The van der Waals surface area contributed by atoms with Crippen LogP contribution in [-0.2, 0) is 10.8 Å². The van der Waals surface area contributed by atoms with Crippen molar-refractivity contribution < 1.29 is 4.52 Å². The van der Waals surface area contributed by atoms with Gasteiger partial charge in [0.05, 0.1) is 4.43 Å². The zero-order valence-corrected chi connectivity index (χ0v) is 7.25. The van der Waals surface area contributed by atoms with Gasteiger partial charge < -0.3 is 4.52 Å². The molecule has 0 amide bonds. The van der Waals surface area contributed by atoms with E-state index in [0.29, 0.717) is 5.89 Å². The van der Waals surface area contributed by atoms with Gasteiger partial charge in [-0.15, -0.1) is 0 Å². The van der Waals surface area contributed by atoms with Crippen molar-refractivity contribution in [3.63, 3.8) is 0 Å². The minimum atomic E-state index is 0.715. The van der Waals surface area contributed by atoms with Crippen LogP contribution in [0, 0.1) is 0 Å². The Balaban J connectivity index is 2.74. The van der Waals surface area contributed by atoms with Crippen molar-refractivity contribution in [2.45, 2.75) is 17.8 Å². The average molecular weight is 238 g/mol. The number of nitrogens with zero attached hydrogens (tertiary/aromatic N) is 2. The lowest BCUT2D eigenvalue weighted by molar-refractivity contribution is 0.387. The van der Waals surface area contributed by atoms with E-state index in [2.05, 4.69) is 32.7 Å². The largest absolute Gasteiger partial charge is 0.339 e. The van der Waals surface area contributed by atoms with Crippen LogP contribution in [-0.4, -0.2) is 10.1 Å². The molecule has 50 valence electrons. The SMILES string of the molecule is CCc1noc(CI)n1. The third-order valence-corrected chi connectivity index (χ3v) is 1.59. The van der Waals surface area contributed by atoms with E-state index in [-0.39, 0.29) is 0 Å². The standard InChI is InChI=1S/C5H7IN2O/c1-2-4-7-5(3-6)9-8-4/h2-3H2,1H3. The third-order valence-electron chi connectivity index (χ3n) is 0.941. The zero-order valence-electron chi connectivity index (χ0n) is 5.09. The number of hydrogen-bond donors (Lipinski definition) is 0. The topological polar surface area (TPSA) is 38.9 Å². The van der Waals surface area contributed by atoms with Crippen LogP contribution in [0.3, 0.4) is 0 Å². The highest BCUT2D eigenvalue weighted by Crippen LogP contribution is 2.02. The van der Waals surface area contributed by atoms with Gasteiger partial charge in [0.2, 0.25) is 5.89 Å². The van der Waals surface area contributed by atoms with Gasteiger partial charge in [-0.25, -0.2) is 0 Å². The Labute approximate surface area is 67.0 Å². The van der Waals surface area contributed by atoms with Crippen LogP contribution in [0.5, 0.6) is 0 Å². The molecule has 0 radical (unpaired) electrons. The fourth-order valence-electron chi connectivity index (χ4n) is 0.488. The molecule has 0 fully saturated rings. The summed E-state index contributed by atoms with van der Waals surface area (Å²) in [7, 11) is 0. The van der Waals surface area contributed by atoms with E-state index in [1.54, 1.807) is 0 Å². The Bertz CT molecular complexity index is 168. The van der Waals surface area contributed by atoms with Crippen LogP contribution in [0.1, 0.15) is 18.6 Å². The van der Waals surface area contributed by atoms with Gasteiger partial charge in [0.1, 0.15) is 0 Å². The van der Waals surface area contributed by atoms with Crippen LogP contribution in [0.25, 0.3) is 0 Å². The first-order valence-corrected chi connectivity index (χ1v) is 4.26. The minimum Gasteiger partial charge on any atom is -0.339 e. The first-order valence-electron chi connectivity index (χ1n) is 2.74. The highest BCUT2D eigenvalue weighted by Gasteiger charge is 1.99. The smallest absolute Gasteiger partial charge is 0.236 e. The molecule has 3 nitrogen and oxygen atoms in total. The van der Waals surface area contributed by atoms with Gasteiger partial charge in [-0.1, -0.05) is 34.7 Å². The maximum atomic E-state index is 4.84. The van der Waals surface area contributed by atoms with Crippen LogP contribution in [0.2, 0.25) is 0 Å². The van der Waals surface area contributed by atoms with Gasteiger partial charge in [0.15, 0.2) is 5.82 Å². The molecule has 0 N–H and O–H groups in total. The molecule has 0 aliphatic rings. The number of halogens is 1. The van der Waals surface area contributed by atoms with Gasteiger partial charge >= 0.3 is 0 Å². The highest BCUT2D eigenvalue weighted by molar-refractivity contribution is 14.1. The summed E-state index contributed by atoms with van der Waals surface area (Å²) in [5.74, 6) is 1.51. The van der Waals surface area contributed by atoms with Crippen molar-refractivity contribution in [1.82, 2.24) is 10.1 Å². The van der Waals surface area contributed by atoms with Crippen LogP contribution >= 0.6 is 22.6 Å². The number of aryl methyl sites for hydroxylation is 1. The molecular weight excluding hydrogens is 231 g/mol. The van der Waals surface area contributed by atoms with E-state index in [1.165, 1.54) is 0 Å². The summed E-state index contributed by atoms with van der Waals surface area (Å²) < 4.78 is 5.63. The Morgan fingerprint density at radius 3 is 2.78 bits per heavy atom. The second-order valence-electron chi connectivity index (χ2n) is 1.59. The normalized spacial score (nSPS) is 10.0. The summed E-state index contributed by atoms with van der Waals surface area (Å²) in [6.45, 7) is 2.00. The van der Waals surface area contributed by atoms with Crippen molar-refractivity contribution in [3.8, 4) is 0 Å². The van der Waals surface area contributed by atoms with Crippen molar-refractivity contribution in [2.75, 3.05) is 0 Å². The van der Waals surface area contributed by atoms with E-state index in [9.17, 15) is 0 Å². The fraction of sp³-hybridized carbons (Fsp3) is 0.600. The van der Waals surface area contributed by atoms with Crippen LogP contribution < -0.4 is 0 Å². The molecule has 0 saturated carbocycles. The molecule has 0 bridgehead atoms. The zero-order chi connectivity index (χ0) is 6.69. The van der Waals surface area contributed by atoms with Crippen molar-refractivity contribution in [3.05, 3.63) is 11.7 Å². The first kappa shape index (κ1) is 6.98. The van der Waals surface area contributed by atoms with Gasteiger partial charge in [0.25, 0.3) is 0 Å². The molecule has 1 rings (SSSR count). The molecule has 1 aromatic rings. The Kier molecular flexibility index (Phi) is 2.44. The first-order chi connectivity index (χ1) is 4.36. The lowest BCUT2D eigenvalue weighted by Crippen LogP contribution is -1.81. The van der Waals surface area contributed by atoms with Crippen molar-refractivity contribution in [2.24, 2.45) is 0 Å². The Morgan fingerprint density at radius 1 is 1.67 bits per heavy atom. The van der Waals surface area contributed by atoms with E-state index < -0.39 is 0 Å². The predicted octanol–water partition coefficient (Wildman–Crippen LogP) is 1.57. The van der Waals surface area contributed by atoms with Gasteiger partial charge in [-0.3, -0.25) is 0 Å². The minimum absolute atomic E-state index is 0.715. The second kappa shape index (κ2) is 3.14. The number of hydrogen-bond acceptors (Lipinski definition) is 3. The molecule has 9 heavy (non-hydrogen) atoms. The summed E-state index contributed by atoms with van der Waals surface area (Å²) in [6, 6.07) is 0. The summed E-state index contributed by atoms with van der Waals surface area (Å²) in [4.78, 5) is 4.06. The highest BCUT2D eigenvalue weighted by atomic mass is 127. The summed E-state index contributed by atoms with van der Waals surface area (Å²) in [5, 5.41) is 3.71. The molecule has 1 aromatic heterocycles. The maximum Gasteiger partial charge on any atom is 0.236 e. The number of alkyl halides is 1. The summed E-state index contributed by atoms with van der Waals surface area (Å²) >= 11 is 2.19. The fourth-order valence-corrected chi connectivity index (χ4v) is 0.798. The second-order valence-corrected chi connectivity index (χ2v) is 2.35. The maximum absolute atomic E-state index is 4.84. The lowest BCUT2D eigenvalue weighted by atomic mass is 10.5.